The maximum atomic E-state index is 5.70. The van der Waals surface area contributed by atoms with E-state index in [1.807, 2.05) is 0 Å². The minimum Gasteiger partial charge on any atom is -0.359 e. The van der Waals surface area contributed by atoms with Crippen molar-refractivity contribution in [2.45, 2.75) is 38.1 Å². The molecule has 102 valence electrons. The van der Waals surface area contributed by atoms with Crippen LogP contribution in [0, 0.1) is 0 Å². The Kier molecular flexibility index (Phi) is 3.99. The van der Waals surface area contributed by atoms with E-state index >= 15 is 0 Å². The zero-order chi connectivity index (χ0) is 13.1. The molecule has 0 bridgehead atoms. The van der Waals surface area contributed by atoms with Crippen molar-refractivity contribution >= 4 is 27.4 Å². The summed E-state index contributed by atoms with van der Waals surface area (Å²) in [4.78, 5) is 2.57. The highest BCUT2D eigenvalue weighted by molar-refractivity contribution is 7.11. The zero-order valence-electron chi connectivity index (χ0n) is 11.2. The lowest BCUT2D eigenvalue weighted by atomic mass is 10.1. The van der Waals surface area contributed by atoms with Gasteiger partial charge in [0, 0.05) is 18.0 Å². The van der Waals surface area contributed by atoms with E-state index in [4.69, 9.17) is 5.73 Å². The summed E-state index contributed by atoms with van der Waals surface area (Å²) in [5.74, 6) is 0. The summed E-state index contributed by atoms with van der Waals surface area (Å²) in [5.41, 5.74) is 6.83. The standard InChI is InChI=1S/C15H21N3S/c16-10-5-11-18(12-6-1-2-7-12)15-13-8-3-4-9-14(13)17-19-15/h3-4,8-9,12H,1-2,5-7,10-11,16H2. The van der Waals surface area contributed by atoms with Crippen LogP contribution in [0.1, 0.15) is 32.1 Å². The van der Waals surface area contributed by atoms with Crippen molar-refractivity contribution in [3.8, 4) is 0 Å². The number of anilines is 1. The summed E-state index contributed by atoms with van der Waals surface area (Å²) in [7, 11) is 0. The molecule has 1 aromatic carbocycles. The average molecular weight is 275 g/mol. The molecule has 0 unspecified atom stereocenters. The highest BCUT2D eigenvalue weighted by Gasteiger charge is 2.25. The smallest absolute Gasteiger partial charge is 0.120 e. The van der Waals surface area contributed by atoms with Crippen LogP contribution in [0.5, 0.6) is 0 Å². The van der Waals surface area contributed by atoms with Crippen LogP contribution < -0.4 is 10.6 Å². The van der Waals surface area contributed by atoms with Gasteiger partial charge in [-0.15, -0.1) is 0 Å². The van der Waals surface area contributed by atoms with Crippen LogP contribution in [0.15, 0.2) is 24.3 Å². The van der Waals surface area contributed by atoms with Crippen molar-refractivity contribution in [3.63, 3.8) is 0 Å². The molecule has 1 aliphatic rings. The minimum atomic E-state index is 0.690. The van der Waals surface area contributed by atoms with E-state index in [1.165, 1.54) is 36.1 Å². The van der Waals surface area contributed by atoms with Crippen LogP contribution in [-0.2, 0) is 0 Å². The van der Waals surface area contributed by atoms with E-state index < -0.39 is 0 Å². The lowest BCUT2D eigenvalue weighted by Crippen LogP contribution is -2.34. The second kappa shape index (κ2) is 5.88. The lowest BCUT2D eigenvalue weighted by molar-refractivity contribution is 0.598. The number of nitrogens with two attached hydrogens (primary N) is 1. The quantitative estimate of drug-likeness (QED) is 0.909. The summed E-state index contributed by atoms with van der Waals surface area (Å²) >= 11 is 1.64. The molecule has 1 fully saturated rings. The van der Waals surface area contributed by atoms with E-state index in [1.54, 1.807) is 11.5 Å². The first kappa shape index (κ1) is 12.9. The highest BCUT2D eigenvalue weighted by atomic mass is 32.1. The van der Waals surface area contributed by atoms with E-state index in [0.29, 0.717) is 6.04 Å². The first-order chi connectivity index (χ1) is 9.40. The second-order valence-electron chi connectivity index (χ2n) is 5.28. The third kappa shape index (κ3) is 2.60. The number of rotatable bonds is 5. The fraction of sp³-hybridized carbons (Fsp3) is 0.533. The van der Waals surface area contributed by atoms with Crippen LogP contribution in [0.2, 0.25) is 0 Å². The van der Waals surface area contributed by atoms with Gasteiger partial charge in [-0.1, -0.05) is 25.0 Å². The Morgan fingerprint density at radius 3 is 2.84 bits per heavy atom. The maximum absolute atomic E-state index is 5.70. The first-order valence-electron chi connectivity index (χ1n) is 7.21. The summed E-state index contributed by atoms with van der Waals surface area (Å²) < 4.78 is 4.59. The molecule has 2 aromatic rings. The summed E-state index contributed by atoms with van der Waals surface area (Å²) in [5, 5.41) is 2.65. The Morgan fingerprint density at radius 1 is 1.26 bits per heavy atom. The normalized spacial score (nSPS) is 16.3. The van der Waals surface area contributed by atoms with Gasteiger partial charge in [0.1, 0.15) is 5.00 Å². The molecule has 2 N–H and O–H groups in total. The molecule has 0 saturated heterocycles. The molecular weight excluding hydrogens is 254 g/mol. The summed E-state index contributed by atoms with van der Waals surface area (Å²) in [6.45, 7) is 1.83. The number of hydrogen-bond acceptors (Lipinski definition) is 4. The third-order valence-corrected chi connectivity index (χ3v) is 4.91. The first-order valence-corrected chi connectivity index (χ1v) is 7.98. The molecule has 3 nitrogen and oxygen atoms in total. The summed E-state index contributed by atoms with van der Waals surface area (Å²) in [6.07, 6.45) is 6.41. The molecule has 1 aromatic heterocycles. The highest BCUT2D eigenvalue weighted by Crippen LogP contribution is 2.36. The van der Waals surface area contributed by atoms with Crippen LogP contribution >= 0.6 is 11.5 Å². The molecule has 0 atom stereocenters. The van der Waals surface area contributed by atoms with E-state index in [0.717, 1.165) is 25.0 Å². The van der Waals surface area contributed by atoms with Crippen molar-refractivity contribution < 1.29 is 0 Å². The van der Waals surface area contributed by atoms with Gasteiger partial charge >= 0.3 is 0 Å². The predicted molar refractivity (Wildman–Crippen MR) is 82.9 cm³/mol. The average Bonchev–Trinajstić information content (AvgIpc) is 3.09. The van der Waals surface area contributed by atoms with Crippen molar-refractivity contribution in [1.29, 1.82) is 0 Å². The maximum Gasteiger partial charge on any atom is 0.120 e. The minimum absolute atomic E-state index is 0.690. The van der Waals surface area contributed by atoms with Crippen LogP contribution in [-0.4, -0.2) is 23.5 Å². The van der Waals surface area contributed by atoms with Crippen LogP contribution in [0.25, 0.3) is 10.9 Å². The SMILES string of the molecule is NCCCN(c1snc2ccccc12)C1CCCC1. The molecule has 4 heteroatoms. The number of hydrogen-bond donors (Lipinski definition) is 1. The number of aromatic nitrogens is 1. The van der Waals surface area contributed by atoms with Crippen molar-refractivity contribution in [2.75, 3.05) is 18.0 Å². The molecule has 1 heterocycles. The number of benzene rings is 1. The van der Waals surface area contributed by atoms with Gasteiger partial charge < -0.3 is 10.6 Å². The van der Waals surface area contributed by atoms with Gasteiger partial charge in [-0.25, -0.2) is 0 Å². The monoisotopic (exact) mass is 275 g/mol. The molecule has 0 radical (unpaired) electrons. The summed E-state index contributed by atoms with van der Waals surface area (Å²) in [6, 6.07) is 9.15. The third-order valence-electron chi connectivity index (χ3n) is 3.99. The largest absolute Gasteiger partial charge is 0.359 e. The van der Waals surface area contributed by atoms with Crippen molar-refractivity contribution in [1.82, 2.24) is 4.37 Å². The number of nitrogens with zero attached hydrogens (tertiary/aromatic N) is 2. The topological polar surface area (TPSA) is 42.1 Å². The number of fused-ring (bicyclic) bond motifs is 1. The molecule has 0 aliphatic heterocycles. The molecular formula is C15H21N3S. The Bertz CT molecular complexity index is 531. The van der Waals surface area contributed by atoms with E-state index in [9.17, 15) is 0 Å². The van der Waals surface area contributed by atoms with Crippen molar-refractivity contribution in [2.24, 2.45) is 5.73 Å². The molecule has 0 amide bonds. The predicted octanol–water partition coefficient (Wildman–Crippen LogP) is 3.39. The van der Waals surface area contributed by atoms with Crippen molar-refractivity contribution in [3.05, 3.63) is 24.3 Å². The van der Waals surface area contributed by atoms with Crippen LogP contribution in [0.3, 0.4) is 0 Å². The lowest BCUT2D eigenvalue weighted by Gasteiger charge is -2.29. The van der Waals surface area contributed by atoms with E-state index in [-0.39, 0.29) is 0 Å². The van der Waals surface area contributed by atoms with Gasteiger partial charge in [-0.05, 0) is 49.5 Å². The Hall–Kier alpha value is -1.13. The molecule has 3 rings (SSSR count). The van der Waals surface area contributed by atoms with Gasteiger partial charge in [-0.2, -0.15) is 4.37 Å². The molecule has 19 heavy (non-hydrogen) atoms. The Labute approximate surface area is 118 Å². The fourth-order valence-corrected chi connectivity index (χ4v) is 3.97. The Balaban J connectivity index is 1.93. The Morgan fingerprint density at radius 2 is 2.05 bits per heavy atom. The van der Waals surface area contributed by atoms with Gasteiger partial charge in [0.15, 0.2) is 0 Å². The molecule has 1 aliphatic carbocycles. The fourth-order valence-electron chi connectivity index (χ4n) is 3.01. The second-order valence-corrected chi connectivity index (χ2v) is 6.03. The van der Waals surface area contributed by atoms with E-state index in [2.05, 4.69) is 33.5 Å². The van der Waals surface area contributed by atoms with Crippen LogP contribution in [0.4, 0.5) is 5.00 Å². The molecule has 0 spiro atoms. The van der Waals surface area contributed by atoms with Gasteiger partial charge in [0.2, 0.25) is 0 Å². The van der Waals surface area contributed by atoms with Gasteiger partial charge in [0.05, 0.1) is 5.52 Å². The van der Waals surface area contributed by atoms with Gasteiger partial charge in [0.25, 0.3) is 0 Å². The zero-order valence-corrected chi connectivity index (χ0v) is 12.0. The molecule has 1 saturated carbocycles. The van der Waals surface area contributed by atoms with Gasteiger partial charge in [-0.3, -0.25) is 0 Å².